The van der Waals surface area contributed by atoms with Crippen molar-refractivity contribution in [3.63, 3.8) is 0 Å². The number of nitrogens with zero attached hydrogens (tertiary/aromatic N) is 1. The minimum absolute atomic E-state index is 0.207. The molecule has 2 aromatic rings. The number of benzene rings is 2. The summed E-state index contributed by atoms with van der Waals surface area (Å²) in [6, 6.07) is 11.4. The van der Waals surface area contributed by atoms with Crippen LogP contribution in [0.3, 0.4) is 0 Å². The van der Waals surface area contributed by atoms with E-state index in [-0.39, 0.29) is 11.5 Å². The summed E-state index contributed by atoms with van der Waals surface area (Å²) in [6.45, 7) is 1.90. The largest absolute Gasteiger partial charge is 0.493 e. The molecule has 0 bridgehead atoms. The highest BCUT2D eigenvalue weighted by atomic mass is 16.6. The number of carbonyl (C=O) groups excluding carboxylic acids is 1. The van der Waals surface area contributed by atoms with E-state index in [4.69, 9.17) is 14.6 Å². The van der Waals surface area contributed by atoms with E-state index >= 15 is 0 Å². The first kappa shape index (κ1) is 18.2. The Bertz CT molecular complexity index is 781. The standard InChI is InChI=1S/C19H19NO5/c1-3-4-18(21)25-16-10-5-13(11-17(16)24-2)12-20-15-8-6-14(7-9-15)19(22)23/h5-12H,3-4H2,1-2H3,(H,22,23). The van der Waals surface area contributed by atoms with Gasteiger partial charge in [0.1, 0.15) is 0 Å². The van der Waals surface area contributed by atoms with Gasteiger partial charge in [-0.2, -0.15) is 0 Å². The molecule has 130 valence electrons. The van der Waals surface area contributed by atoms with Gasteiger partial charge in [-0.25, -0.2) is 4.79 Å². The van der Waals surface area contributed by atoms with Gasteiger partial charge in [-0.15, -0.1) is 0 Å². The third-order valence-corrected chi connectivity index (χ3v) is 3.34. The van der Waals surface area contributed by atoms with Crippen molar-refractivity contribution in [3.8, 4) is 11.5 Å². The van der Waals surface area contributed by atoms with Crippen LogP contribution >= 0.6 is 0 Å². The maximum Gasteiger partial charge on any atom is 0.335 e. The summed E-state index contributed by atoms with van der Waals surface area (Å²) in [7, 11) is 1.50. The molecule has 0 radical (unpaired) electrons. The molecule has 25 heavy (non-hydrogen) atoms. The molecule has 0 atom stereocenters. The van der Waals surface area contributed by atoms with Crippen LogP contribution in [0.5, 0.6) is 11.5 Å². The van der Waals surface area contributed by atoms with Crippen molar-refractivity contribution in [2.45, 2.75) is 19.8 Å². The second kappa shape index (κ2) is 8.63. The maximum absolute atomic E-state index is 11.6. The van der Waals surface area contributed by atoms with Gasteiger partial charge in [0.15, 0.2) is 11.5 Å². The lowest BCUT2D eigenvalue weighted by Crippen LogP contribution is -2.08. The number of carbonyl (C=O) groups is 2. The van der Waals surface area contributed by atoms with Crippen LogP contribution in [-0.4, -0.2) is 30.4 Å². The van der Waals surface area contributed by atoms with E-state index in [1.54, 1.807) is 36.5 Å². The average molecular weight is 341 g/mol. The Morgan fingerprint density at radius 2 is 1.84 bits per heavy atom. The van der Waals surface area contributed by atoms with Crippen LogP contribution < -0.4 is 9.47 Å². The molecule has 0 saturated heterocycles. The fourth-order valence-corrected chi connectivity index (χ4v) is 2.07. The zero-order valence-electron chi connectivity index (χ0n) is 14.1. The van der Waals surface area contributed by atoms with Crippen LogP contribution in [0.1, 0.15) is 35.7 Å². The highest BCUT2D eigenvalue weighted by Crippen LogP contribution is 2.28. The van der Waals surface area contributed by atoms with Crippen molar-refractivity contribution in [1.29, 1.82) is 0 Å². The summed E-state index contributed by atoms with van der Waals surface area (Å²) in [5, 5.41) is 8.88. The van der Waals surface area contributed by atoms with E-state index in [0.29, 0.717) is 30.0 Å². The van der Waals surface area contributed by atoms with Crippen molar-refractivity contribution in [2.75, 3.05) is 7.11 Å². The molecule has 0 saturated carbocycles. The summed E-state index contributed by atoms with van der Waals surface area (Å²) < 4.78 is 10.5. The van der Waals surface area contributed by atoms with Crippen LogP contribution in [-0.2, 0) is 4.79 Å². The topological polar surface area (TPSA) is 85.2 Å². The smallest absolute Gasteiger partial charge is 0.335 e. The molecule has 6 nitrogen and oxygen atoms in total. The van der Waals surface area contributed by atoms with E-state index in [0.717, 1.165) is 5.56 Å². The van der Waals surface area contributed by atoms with Crippen LogP contribution in [0.25, 0.3) is 0 Å². The lowest BCUT2D eigenvalue weighted by Gasteiger charge is -2.09. The van der Waals surface area contributed by atoms with Crippen molar-refractivity contribution in [1.82, 2.24) is 0 Å². The van der Waals surface area contributed by atoms with Gasteiger partial charge in [0, 0.05) is 12.6 Å². The normalized spacial score (nSPS) is 10.6. The quantitative estimate of drug-likeness (QED) is 0.470. The third kappa shape index (κ3) is 5.17. The Morgan fingerprint density at radius 3 is 2.44 bits per heavy atom. The number of rotatable bonds is 7. The minimum atomic E-state index is -0.978. The van der Waals surface area contributed by atoms with Crippen LogP contribution in [0.15, 0.2) is 47.5 Å². The molecule has 6 heteroatoms. The minimum Gasteiger partial charge on any atom is -0.493 e. The molecule has 2 aromatic carbocycles. The number of methoxy groups -OCH3 is 1. The highest BCUT2D eigenvalue weighted by molar-refractivity contribution is 5.88. The molecule has 1 N–H and O–H groups in total. The lowest BCUT2D eigenvalue weighted by molar-refractivity contribution is -0.134. The number of aliphatic imine (C=N–C) groups is 1. The van der Waals surface area contributed by atoms with E-state index in [1.165, 1.54) is 19.2 Å². The highest BCUT2D eigenvalue weighted by Gasteiger charge is 2.09. The summed E-state index contributed by atoms with van der Waals surface area (Å²) in [5.41, 5.74) is 1.59. The Balaban J connectivity index is 2.14. The number of esters is 1. The molecule has 0 heterocycles. The van der Waals surface area contributed by atoms with E-state index in [2.05, 4.69) is 4.99 Å². The Labute approximate surface area is 145 Å². The Hall–Kier alpha value is -3.15. The van der Waals surface area contributed by atoms with Gasteiger partial charge in [-0.05, 0) is 54.4 Å². The molecular weight excluding hydrogens is 322 g/mol. The van der Waals surface area contributed by atoms with Gasteiger partial charge in [-0.3, -0.25) is 9.79 Å². The van der Waals surface area contributed by atoms with Gasteiger partial charge in [0.2, 0.25) is 0 Å². The predicted molar refractivity (Wildman–Crippen MR) is 94.2 cm³/mol. The summed E-state index contributed by atoms with van der Waals surface area (Å²) in [6.07, 6.45) is 2.68. The van der Waals surface area contributed by atoms with E-state index in [9.17, 15) is 9.59 Å². The Kier molecular flexibility index (Phi) is 6.28. The van der Waals surface area contributed by atoms with Crippen molar-refractivity contribution in [2.24, 2.45) is 4.99 Å². The number of hydrogen-bond donors (Lipinski definition) is 1. The molecule has 0 amide bonds. The molecule has 0 aromatic heterocycles. The number of carboxylic acid groups (broad SMARTS) is 1. The molecular formula is C19H19NO5. The molecule has 0 aliphatic rings. The Morgan fingerprint density at radius 1 is 1.12 bits per heavy atom. The molecule has 0 fully saturated rings. The van der Waals surface area contributed by atoms with Crippen molar-refractivity contribution < 1.29 is 24.2 Å². The second-order valence-corrected chi connectivity index (χ2v) is 5.24. The summed E-state index contributed by atoms with van der Waals surface area (Å²) in [5.74, 6) is -0.479. The summed E-state index contributed by atoms with van der Waals surface area (Å²) in [4.78, 5) is 26.7. The third-order valence-electron chi connectivity index (χ3n) is 3.34. The average Bonchev–Trinajstić information content (AvgIpc) is 2.61. The van der Waals surface area contributed by atoms with Gasteiger partial charge in [0.25, 0.3) is 0 Å². The number of aromatic carboxylic acids is 1. The number of carboxylic acids is 1. The van der Waals surface area contributed by atoms with Gasteiger partial charge in [0.05, 0.1) is 18.4 Å². The first-order valence-electron chi connectivity index (χ1n) is 7.79. The van der Waals surface area contributed by atoms with Crippen molar-refractivity contribution in [3.05, 3.63) is 53.6 Å². The van der Waals surface area contributed by atoms with Crippen LogP contribution in [0, 0.1) is 0 Å². The summed E-state index contributed by atoms with van der Waals surface area (Å²) >= 11 is 0. The first-order chi connectivity index (χ1) is 12.0. The van der Waals surface area contributed by atoms with E-state index < -0.39 is 5.97 Å². The first-order valence-corrected chi connectivity index (χ1v) is 7.79. The van der Waals surface area contributed by atoms with Crippen LogP contribution in [0.4, 0.5) is 5.69 Å². The molecule has 0 aliphatic carbocycles. The zero-order chi connectivity index (χ0) is 18.2. The SMILES string of the molecule is CCCC(=O)Oc1ccc(C=Nc2ccc(C(=O)O)cc2)cc1OC. The fraction of sp³-hybridized carbons (Fsp3) is 0.211. The second-order valence-electron chi connectivity index (χ2n) is 5.24. The monoisotopic (exact) mass is 341 g/mol. The molecule has 2 rings (SSSR count). The molecule has 0 unspecified atom stereocenters. The fourth-order valence-electron chi connectivity index (χ4n) is 2.07. The van der Waals surface area contributed by atoms with E-state index in [1.807, 2.05) is 6.92 Å². The van der Waals surface area contributed by atoms with Gasteiger partial charge >= 0.3 is 11.9 Å². The number of hydrogen-bond acceptors (Lipinski definition) is 5. The zero-order valence-corrected chi connectivity index (χ0v) is 14.1. The molecule has 0 aliphatic heterocycles. The molecule has 0 spiro atoms. The predicted octanol–water partition coefficient (Wildman–Crippen LogP) is 3.85. The van der Waals surface area contributed by atoms with Crippen LogP contribution in [0.2, 0.25) is 0 Å². The van der Waals surface area contributed by atoms with Crippen molar-refractivity contribution >= 4 is 23.8 Å². The van der Waals surface area contributed by atoms with Gasteiger partial charge in [-0.1, -0.05) is 6.92 Å². The number of ether oxygens (including phenoxy) is 2. The maximum atomic E-state index is 11.6. The lowest BCUT2D eigenvalue weighted by atomic mass is 10.2. The van der Waals surface area contributed by atoms with Gasteiger partial charge < -0.3 is 14.6 Å².